The zero-order valence-corrected chi connectivity index (χ0v) is 13.1. The number of nitrogens with one attached hydrogen (secondary N) is 1. The molecule has 3 atom stereocenters. The Balaban J connectivity index is 1.89. The van der Waals surface area contributed by atoms with E-state index in [1.165, 1.54) is 0 Å². The molecule has 4 nitrogen and oxygen atoms in total. The first-order chi connectivity index (χ1) is 9.58. The van der Waals surface area contributed by atoms with E-state index >= 15 is 0 Å². The van der Waals surface area contributed by atoms with Crippen LogP contribution in [0, 0.1) is 5.92 Å². The Kier molecular flexibility index (Phi) is 3.73. The fourth-order valence-electron chi connectivity index (χ4n) is 3.31. The number of amides is 1. The number of carbonyl (C=O) groups excluding carboxylic acids is 1. The predicted molar refractivity (Wildman–Crippen MR) is 81.6 cm³/mol. The summed E-state index contributed by atoms with van der Waals surface area (Å²) in [5.41, 5.74) is 2.01. The van der Waals surface area contributed by atoms with Crippen LogP contribution in [0.2, 0.25) is 0 Å². The van der Waals surface area contributed by atoms with Crippen LogP contribution in [0.5, 0.6) is 0 Å². The number of fused-ring (bicyclic) bond motifs is 1. The Bertz CT molecular complexity index is 533. The van der Waals surface area contributed by atoms with Gasteiger partial charge >= 0.3 is 0 Å². The molecule has 0 spiro atoms. The maximum atomic E-state index is 11.8. The maximum Gasteiger partial charge on any atom is 0.225 e. The van der Waals surface area contributed by atoms with Gasteiger partial charge in [0.05, 0.1) is 18.1 Å². The first kappa shape index (κ1) is 13.9. The Morgan fingerprint density at radius 2 is 2.30 bits per heavy atom. The van der Waals surface area contributed by atoms with E-state index in [-0.39, 0.29) is 17.9 Å². The number of carbonyl (C=O) groups is 1. The van der Waals surface area contributed by atoms with Crippen molar-refractivity contribution in [2.45, 2.75) is 31.9 Å². The number of aliphatic hydroxyl groups excluding tert-OH is 1. The minimum absolute atomic E-state index is 0.124. The molecule has 0 bridgehead atoms. The van der Waals surface area contributed by atoms with Crippen LogP contribution in [-0.4, -0.2) is 30.1 Å². The van der Waals surface area contributed by atoms with Crippen LogP contribution < -0.4 is 10.2 Å². The number of piperidine rings is 1. The highest BCUT2D eigenvalue weighted by Gasteiger charge is 2.40. The lowest BCUT2D eigenvalue weighted by Gasteiger charge is -2.38. The fourth-order valence-corrected chi connectivity index (χ4v) is 4.00. The summed E-state index contributed by atoms with van der Waals surface area (Å²) < 4.78 is 0.921. The fraction of sp³-hybridized carbons (Fsp3) is 0.533. The van der Waals surface area contributed by atoms with Crippen molar-refractivity contribution in [3.8, 4) is 0 Å². The summed E-state index contributed by atoms with van der Waals surface area (Å²) in [7, 11) is 0. The predicted octanol–water partition coefficient (Wildman–Crippen LogP) is 2.22. The van der Waals surface area contributed by atoms with Gasteiger partial charge in [-0.2, -0.15) is 0 Å². The maximum absolute atomic E-state index is 11.8. The van der Waals surface area contributed by atoms with Crippen molar-refractivity contribution in [1.82, 2.24) is 5.32 Å². The van der Waals surface area contributed by atoms with E-state index in [4.69, 9.17) is 0 Å². The molecule has 1 amide bonds. The molecule has 108 valence electrons. The van der Waals surface area contributed by atoms with Crippen LogP contribution in [0.25, 0.3) is 0 Å². The lowest BCUT2D eigenvalue weighted by molar-refractivity contribution is -0.122. The molecule has 2 aliphatic rings. The van der Waals surface area contributed by atoms with Crippen molar-refractivity contribution >= 4 is 27.5 Å². The second kappa shape index (κ2) is 5.37. The summed E-state index contributed by atoms with van der Waals surface area (Å²) in [6.45, 7) is 3.48. The third-order valence-corrected chi connectivity index (χ3v) is 5.05. The van der Waals surface area contributed by atoms with Crippen LogP contribution in [0.1, 0.15) is 31.4 Å². The molecule has 3 unspecified atom stereocenters. The highest BCUT2D eigenvalue weighted by molar-refractivity contribution is 9.10. The van der Waals surface area contributed by atoms with Crippen molar-refractivity contribution in [1.29, 1.82) is 0 Å². The molecule has 2 heterocycles. The number of hydrogen-bond donors (Lipinski definition) is 2. The molecule has 1 aromatic carbocycles. The molecule has 0 saturated carbocycles. The molecule has 0 aliphatic carbocycles. The molecule has 2 fully saturated rings. The standard InChI is InChI=1S/C15H19BrN2O2/c1-9(19)11-5-4-10(7-13(11)16)18-6-2-3-12-14(18)8-17-15(12)20/h4-5,7,9,12,14,19H,2-3,6,8H2,1H3,(H,17,20). The van der Waals surface area contributed by atoms with Gasteiger partial charge in [0.2, 0.25) is 5.91 Å². The molecule has 0 radical (unpaired) electrons. The van der Waals surface area contributed by atoms with E-state index in [1.807, 2.05) is 18.2 Å². The molecule has 3 rings (SSSR count). The molecule has 2 aliphatic heterocycles. The summed E-state index contributed by atoms with van der Waals surface area (Å²) >= 11 is 3.53. The first-order valence-corrected chi connectivity index (χ1v) is 7.89. The van der Waals surface area contributed by atoms with Gasteiger partial charge in [0, 0.05) is 23.2 Å². The zero-order valence-electron chi connectivity index (χ0n) is 11.5. The average molecular weight is 339 g/mol. The number of nitrogens with zero attached hydrogens (tertiary/aromatic N) is 1. The van der Waals surface area contributed by atoms with Crippen LogP contribution in [-0.2, 0) is 4.79 Å². The Labute approximate surface area is 127 Å². The van der Waals surface area contributed by atoms with Crippen LogP contribution in [0.3, 0.4) is 0 Å². The van der Waals surface area contributed by atoms with Gasteiger partial charge in [-0.05, 0) is 37.5 Å². The second-order valence-corrected chi connectivity index (χ2v) is 6.49. The molecule has 20 heavy (non-hydrogen) atoms. The normalized spacial score (nSPS) is 27.1. The van der Waals surface area contributed by atoms with Gasteiger partial charge in [-0.3, -0.25) is 4.79 Å². The van der Waals surface area contributed by atoms with E-state index < -0.39 is 6.10 Å². The lowest BCUT2D eigenvalue weighted by Crippen LogP contribution is -2.45. The number of benzene rings is 1. The largest absolute Gasteiger partial charge is 0.389 e. The van der Waals surface area contributed by atoms with Gasteiger partial charge in [-0.25, -0.2) is 0 Å². The van der Waals surface area contributed by atoms with E-state index in [0.717, 1.165) is 41.7 Å². The van der Waals surface area contributed by atoms with E-state index in [1.54, 1.807) is 6.92 Å². The SMILES string of the molecule is CC(O)c1ccc(N2CCCC3C(=O)NCC32)cc1Br. The minimum atomic E-state index is -0.484. The topological polar surface area (TPSA) is 52.6 Å². The number of anilines is 1. The summed E-state index contributed by atoms with van der Waals surface area (Å²) in [5, 5.41) is 12.7. The molecular weight excluding hydrogens is 320 g/mol. The molecule has 2 N–H and O–H groups in total. The first-order valence-electron chi connectivity index (χ1n) is 7.10. The quantitative estimate of drug-likeness (QED) is 0.869. The summed E-state index contributed by atoms with van der Waals surface area (Å²) in [5.74, 6) is 0.318. The van der Waals surface area contributed by atoms with Crippen molar-refractivity contribution in [2.24, 2.45) is 5.92 Å². The van der Waals surface area contributed by atoms with Gasteiger partial charge < -0.3 is 15.3 Å². The number of aliphatic hydroxyl groups is 1. The third-order valence-electron chi connectivity index (χ3n) is 4.37. The van der Waals surface area contributed by atoms with Crippen molar-refractivity contribution < 1.29 is 9.90 Å². The van der Waals surface area contributed by atoms with Crippen molar-refractivity contribution in [3.63, 3.8) is 0 Å². The number of halogens is 1. The second-order valence-electron chi connectivity index (χ2n) is 5.64. The average Bonchev–Trinajstić information content (AvgIpc) is 2.80. The highest BCUT2D eigenvalue weighted by Crippen LogP contribution is 2.34. The molecule has 2 saturated heterocycles. The highest BCUT2D eigenvalue weighted by atomic mass is 79.9. The smallest absolute Gasteiger partial charge is 0.225 e. The van der Waals surface area contributed by atoms with Gasteiger partial charge in [-0.1, -0.05) is 22.0 Å². The van der Waals surface area contributed by atoms with Gasteiger partial charge in [0.1, 0.15) is 0 Å². The Hall–Kier alpha value is -1.07. The molecule has 0 aromatic heterocycles. The lowest BCUT2D eigenvalue weighted by atomic mass is 9.91. The van der Waals surface area contributed by atoms with E-state index in [2.05, 4.69) is 26.1 Å². The Morgan fingerprint density at radius 3 is 3.00 bits per heavy atom. The van der Waals surface area contributed by atoms with Crippen molar-refractivity contribution in [3.05, 3.63) is 28.2 Å². The summed E-state index contributed by atoms with van der Waals surface area (Å²) in [4.78, 5) is 14.1. The number of hydrogen-bond acceptors (Lipinski definition) is 3. The molecule has 1 aromatic rings. The van der Waals surface area contributed by atoms with Crippen LogP contribution in [0.15, 0.2) is 22.7 Å². The minimum Gasteiger partial charge on any atom is -0.389 e. The monoisotopic (exact) mass is 338 g/mol. The Morgan fingerprint density at radius 1 is 1.50 bits per heavy atom. The van der Waals surface area contributed by atoms with Gasteiger partial charge in [-0.15, -0.1) is 0 Å². The van der Waals surface area contributed by atoms with Gasteiger partial charge in [0.25, 0.3) is 0 Å². The van der Waals surface area contributed by atoms with E-state index in [0.29, 0.717) is 0 Å². The van der Waals surface area contributed by atoms with Crippen molar-refractivity contribution in [2.75, 3.05) is 18.0 Å². The molecular formula is C15H19BrN2O2. The summed E-state index contributed by atoms with van der Waals surface area (Å²) in [6.07, 6.45) is 1.55. The van der Waals surface area contributed by atoms with Crippen LogP contribution in [0.4, 0.5) is 5.69 Å². The van der Waals surface area contributed by atoms with Gasteiger partial charge in [0.15, 0.2) is 0 Å². The van der Waals surface area contributed by atoms with E-state index in [9.17, 15) is 9.90 Å². The molecule has 5 heteroatoms. The number of rotatable bonds is 2. The third kappa shape index (κ3) is 2.33. The van der Waals surface area contributed by atoms with Crippen LogP contribution >= 0.6 is 15.9 Å². The zero-order chi connectivity index (χ0) is 14.3. The summed E-state index contributed by atoms with van der Waals surface area (Å²) in [6, 6.07) is 6.31.